The average Bonchev–Trinajstić information content (AvgIpc) is 2.36. The van der Waals surface area contributed by atoms with Crippen LogP contribution in [0.4, 0.5) is 0 Å². The maximum atomic E-state index is 12.0. The summed E-state index contributed by atoms with van der Waals surface area (Å²) < 4.78 is 5.77. The fourth-order valence-corrected chi connectivity index (χ4v) is 2.17. The van der Waals surface area contributed by atoms with Gasteiger partial charge in [0.15, 0.2) is 0 Å². The largest absolute Gasteiger partial charge is 0.489 e. The summed E-state index contributed by atoms with van der Waals surface area (Å²) in [6.07, 6.45) is -0.0339. The van der Waals surface area contributed by atoms with Crippen LogP contribution in [0.2, 0.25) is 0 Å². The van der Waals surface area contributed by atoms with Crippen molar-refractivity contribution >= 4 is 18.3 Å². The Morgan fingerprint density at radius 1 is 1.33 bits per heavy atom. The maximum absolute atomic E-state index is 12.0. The molecule has 5 heteroatoms. The Morgan fingerprint density at radius 3 is 2.48 bits per heavy atom. The molecule has 1 aromatic rings. The molecule has 0 radical (unpaired) electrons. The van der Waals surface area contributed by atoms with Gasteiger partial charge in [-0.3, -0.25) is 4.79 Å². The van der Waals surface area contributed by atoms with Crippen LogP contribution in [0.5, 0.6) is 5.75 Å². The number of hydrogen-bond acceptors (Lipinski definition) is 3. The Bertz CT molecular complexity index is 446. The van der Waals surface area contributed by atoms with E-state index in [1.165, 1.54) is 5.56 Å². The Kier molecular flexibility index (Phi) is 6.99. The quantitative estimate of drug-likeness (QED) is 0.846. The lowest BCUT2D eigenvalue weighted by Crippen LogP contribution is -2.50. The lowest BCUT2D eigenvalue weighted by Gasteiger charge is -2.32. The number of carbonyl (C=O) groups excluding carboxylic acids is 1. The Labute approximate surface area is 133 Å². The second kappa shape index (κ2) is 8.25. The molecule has 0 spiro atoms. The fourth-order valence-electron chi connectivity index (χ4n) is 2.17. The number of nitrogens with one attached hydrogen (secondary N) is 2. The van der Waals surface area contributed by atoms with E-state index in [0.717, 1.165) is 18.8 Å². The third-order valence-corrected chi connectivity index (χ3v) is 3.86. The second-order valence-electron chi connectivity index (χ2n) is 5.69. The zero-order valence-corrected chi connectivity index (χ0v) is 13.7. The lowest BCUT2D eigenvalue weighted by molar-refractivity contribution is -0.127. The summed E-state index contributed by atoms with van der Waals surface area (Å²) in [5.74, 6) is 1.51. The summed E-state index contributed by atoms with van der Waals surface area (Å²) in [5, 5.41) is 6.17. The van der Waals surface area contributed by atoms with Crippen LogP contribution in [0.25, 0.3) is 0 Å². The highest BCUT2D eigenvalue weighted by atomic mass is 35.5. The highest BCUT2D eigenvalue weighted by molar-refractivity contribution is 5.85. The highest BCUT2D eigenvalue weighted by Gasteiger charge is 2.28. The van der Waals surface area contributed by atoms with E-state index in [4.69, 9.17) is 4.74 Å². The number of aryl methyl sites for hydroxylation is 1. The summed E-state index contributed by atoms with van der Waals surface area (Å²) >= 11 is 0. The van der Waals surface area contributed by atoms with Crippen LogP contribution >= 0.6 is 12.4 Å². The minimum atomic E-state index is -0.0339. The van der Waals surface area contributed by atoms with Gasteiger partial charge in [0.1, 0.15) is 11.9 Å². The standard InChI is InChI=1S/C16H24N2O2.ClH/c1-11-4-6-15(7-5-11)20-12(2)8-18-16(19)13(3)14-9-17-10-14;/h4-7,12-14,17H,8-10H2,1-3H3,(H,18,19);1H. The van der Waals surface area contributed by atoms with Crippen LogP contribution in [-0.2, 0) is 4.79 Å². The van der Waals surface area contributed by atoms with Crippen molar-refractivity contribution in [3.63, 3.8) is 0 Å². The van der Waals surface area contributed by atoms with E-state index < -0.39 is 0 Å². The summed E-state index contributed by atoms with van der Waals surface area (Å²) in [7, 11) is 0. The number of amides is 1. The molecule has 4 nitrogen and oxygen atoms in total. The van der Waals surface area contributed by atoms with Crippen molar-refractivity contribution < 1.29 is 9.53 Å². The number of halogens is 1. The van der Waals surface area contributed by atoms with Gasteiger partial charge >= 0.3 is 0 Å². The van der Waals surface area contributed by atoms with E-state index in [1.54, 1.807) is 0 Å². The van der Waals surface area contributed by atoms with Gasteiger partial charge in [-0.05, 0) is 45.0 Å². The van der Waals surface area contributed by atoms with E-state index in [0.29, 0.717) is 12.5 Å². The van der Waals surface area contributed by atoms with Crippen molar-refractivity contribution in [1.82, 2.24) is 10.6 Å². The molecule has 118 valence electrons. The van der Waals surface area contributed by atoms with Gasteiger partial charge < -0.3 is 15.4 Å². The predicted octanol–water partition coefficient (Wildman–Crippen LogP) is 2.16. The first kappa shape index (κ1) is 17.8. The first-order valence-electron chi connectivity index (χ1n) is 7.28. The highest BCUT2D eigenvalue weighted by Crippen LogP contribution is 2.16. The third-order valence-electron chi connectivity index (χ3n) is 3.86. The van der Waals surface area contributed by atoms with Crippen molar-refractivity contribution in [2.24, 2.45) is 11.8 Å². The monoisotopic (exact) mass is 312 g/mol. The molecule has 0 bridgehead atoms. The van der Waals surface area contributed by atoms with E-state index in [-0.39, 0.29) is 30.3 Å². The van der Waals surface area contributed by atoms with Gasteiger partial charge in [-0.15, -0.1) is 12.4 Å². The fraction of sp³-hybridized carbons (Fsp3) is 0.562. The first-order chi connectivity index (χ1) is 9.56. The molecule has 1 aromatic carbocycles. The van der Waals surface area contributed by atoms with Crippen molar-refractivity contribution in [2.75, 3.05) is 19.6 Å². The van der Waals surface area contributed by atoms with Gasteiger partial charge in [0.25, 0.3) is 0 Å². The summed E-state index contributed by atoms with van der Waals surface area (Å²) in [4.78, 5) is 12.0. The topological polar surface area (TPSA) is 50.4 Å². The zero-order valence-electron chi connectivity index (χ0n) is 12.9. The number of ether oxygens (including phenoxy) is 1. The normalized spacial score (nSPS) is 17.1. The molecule has 2 N–H and O–H groups in total. The van der Waals surface area contributed by atoms with E-state index in [2.05, 4.69) is 10.6 Å². The maximum Gasteiger partial charge on any atom is 0.223 e. The molecule has 1 amide bonds. The van der Waals surface area contributed by atoms with Crippen molar-refractivity contribution in [3.8, 4) is 5.75 Å². The lowest BCUT2D eigenvalue weighted by atomic mass is 9.88. The SMILES string of the molecule is Cc1ccc(OC(C)CNC(=O)C(C)C2CNC2)cc1.Cl. The van der Waals surface area contributed by atoms with E-state index >= 15 is 0 Å². The molecule has 0 aromatic heterocycles. The molecule has 21 heavy (non-hydrogen) atoms. The van der Waals surface area contributed by atoms with Crippen molar-refractivity contribution in [2.45, 2.75) is 26.9 Å². The molecular formula is C16H25ClN2O2. The molecule has 2 rings (SSSR count). The minimum absolute atomic E-state index is 0. The first-order valence-corrected chi connectivity index (χ1v) is 7.28. The van der Waals surface area contributed by atoms with Crippen molar-refractivity contribution in [3.05, 3.63) is 29.8 Å². The Hall–Kier alpha value is -1.26. The molecule has 1 fully saturated rings. The number of benzene rings is 1. The second-order valence-corrected chi connectivity index (χ2v) is 5.69. The molecular weight excluding hydrogens is 288 g/mol. The smallest absolute Gasteiger partial charge is 0.223 e. The van der Waals surface area contributed by atoms with E-state index in [1.807, 2.05) is 45.0 Å². The summed E-state index contributed by atoms with van der Waals surface area (Å²) in [5.41, 5.74) is 1.21. The predicted molar refractivity (Wildman–Crippen MR) is 87.1 cm³/mol. The van der Waals surface area contributed by atoms with Gasteiger partial charge in [0, 0.05) is 5.92 Å². The van der Waals surface area contributed by atoms with Crippen LogP contribution in [0, 0.1) is 18.8 Å². The third kappa shape index (κ3) is 5.21. The Balaban J connectivity index is 0.00000220. The minimum Gasteiger partial charge on any atom is -0.489 e. The Morgan fingerprint density at radius 2 is 1.95 bits per heavy atom. The molecule has 1 heterocycles. The summed E-state index contributed by atoms with van der Waals surface area (Å²) in [6.45, 7) is 8.44. The molecule has 1 aliphatic heterocycles. The average molecular weight is 313 g/mol. The molecule has 2 atom stereocenters. The van der Waals surface area contributed by atoms with Gasteiger partial charge in [-0.2, -0.15) is 0 Å². The van der Waals surface area contributed by atoms with Crippen LogP contribution < -0.4 is 15.4 Å². The van der Waals surface area contributed by atoms with Gasteiger partial charge in [-0.1, -0.05) is 24.6 Å². The molecule has 2 unspecified atom stereocenters. The van der Waals surface area contributed by atoms with Crippen LogP contribution in [-0.4, -0.2) is 31.6 Å². The van der Waals surface area contributed by atoms with Gasteiger partial charge in [0.05, 0.1) is 6.54 Å². The molecule has 0 saturated carbocycles. The van der Waals surface area contributed by atoms with Crippen LogP contribution in [0.3, 0.4) is 0 Å². The van der Waals surface area contributed by atoms with Crippen LogP contribution in [0.1, 0.15) is 19.4 Å². The van der Waals surface area contributed by atoms with Crippen molar-refractivity contribution in [1.29, 1.82) is 0 Å². The summed E-state index contributed by atoms with van der Waals surface area (Å²) in [6, 6.07) is 7.95. The number of carbonyl (C=O) groups is 1. The van der Waals surface area contributed by atoms with Crippen LogP contribution in [0.15, 0.2) is 24.3 Å². The molecule has 1 saturated heterocycles. The zero-order chi connectivity index (χ0) is 14.5. The number of hydrogen-bond donors (Lipinski definition) is 2. The van der Waals surface area contributed by atoms with Gasteiger partial charge in [0.2, 0.25) is 5.91 Å². The molecule has 0 aliphatic carbocycles. The number of rotatable bonds is 6. The van der Waals surface area contributed by atoms with E-state index in [9.17, 15) is 4.79 Å². The molecule has 1 aliphatic rings. The van der Waals surface area contributed by atoms with Gasteiger partial charge in [-0.25, -0.2) is 0 Å².